The highest BCUT2D eigenvalue weighted by Gasteiger charge is 2.22. The van der Waals surface area contributed by atoms with E-state index in [9.17, 15) is 4.79 Å². The van der Waals surface area contributed by atoms with Gasteiger partial charge in [0.2, 0.25) is 5.89 Å². The number of amides is 1. The van der Waals surface area contributed by atoms with Crippen molar-refractivity contribution in [3.05, 3.63) is 96.4 Å². The van der Waals surface area contributed by atoms with Crippen LogP contribution in [0.3, 0.4) is 0 Å². The third kappa shape index (κ3) is 6.77. The Morgan fingerprint density at radius 1 is 0.617 bits per heavy atom. The Kier molecular flexibility index (Phi) is 9.66. The molecule has 2 aromatic carbocycles. The molecule has 9 aromatic rings. The van der Waals surface area contributed by atoms with Gasteiger partial charge in [0.1, 0.15) is 22.9 Å². The monoisotopic (exact) mass is 802 g/mol. The molecule has 2 aliphatic heterocycles. The van der Waals surface area contributed by atoms with Crippen molar-refractivity contribution in [2.24, 2.45) is 5.84 Å². The minimum atomic E-state index is -0.369. The molecule has 304 valence electrons. The summed E-state index contributed by atoms with van der Waals surface area (Å²) in [5.74, 6) is 8.00. The fourth-order valence-corrected chi connectivity index (χ4v) is 8.48. The fraction of sp³-hybridized carbons (Fsp3) is 0.295. The number of fused-ring (bicyclic) bond motifs is 10. The molecular formula is C44H46N14O2. The molecular weight excluding hydrogens is 757 g/mol. The maximum absolute atomic E-state index is 12.4. The molecule has 7 aromatic heterocycles. The van der Waals surface area contributed by atoms with Crippen LogP contribution < -0.4 is 21.1 Å². The lowest BCUT2D eigenvalue weighted by atomic mass is 10.2. The van der Waals surface area contributed by atoms with Crippen LogP contribution in [0.2, 0.25) is 0 Å². The first-order chi connectivity index (χ1) is 29.3. The zero-order chi connectivity index (χ0) is 40.9. The van der Waals surface area contributed by atoms with E-state index in [1.165, 1.54) is 0 Å². The van der Waals surface area contributed by atoms with E-state index in [2.05, 4.69) is 83.0 Å². The van der Waals surface area contributed by atoms with Gasteiger partial charge in [0.15, 0.2) is 11.3 Å². The van der Waals surface area contributed by atoms with E-state index in [1.807, 2.05) is 65.1 Å². The van der Waals surface area contributed by atoms with Crippen molar-refractivity contribution in [2.75, 3.05) is 76.3 Å². The normalized spacial score (nSPS) is 15.9. The predicted octanol–water partition coefficient (Wildman–Crippen LogP) is 5.32. The van der Waals surface area contributed by atoms with Crippen LogP contribution in [0, 0.1) is 6.92 Å². The SMILES string of the molecule is CN1CCCN(c2ccc3cc(C(=O)NN)c4nc5ccccc5n4c3n2)CC1.Cc1nnc(-c2cc3ccc(N4CCCN(C)CC4)nc3n3c2nc2ccccc23)o1. The Balaban J connectivity index is 0.000000145. The van der Waals surface area contributed by atoms with Crippen LogP contribution in [0.5, 0.6) is 0 Å². The minimum absolute atomic E-state index is 0.369. The molecule has 9 heterocycles. The van der Waals surface area contributed by atoms with Gasteiger partial charge in [-0.1, -0.05) is 24.3 Å². The highest BCUT2D eigenvalue weighted by molar-refractivity contribution is 6.05. The van der Waals surface area contributed by atoms with Crippen molar-refractivity contribution in [1.82, 2.24) is 54.2 Å². The smallest absolute Gasteiger partial charge is 0.268 e. The lowest BCUT2D eigenvalue weighted by Crippen LogP contribution is -2.30. The Morgan fingerprint density at radius 2 is 1.17 bits per heavy atom. The molecule has 0 saturated carbocycles. The number of hydrogen-bond donors (Lipinski definition) is 2. The number of aromatic nitrogens is 8. The number of aryl methyl sites for hydroxylation is 1. The number of pyridine rings is 4. The highest BCUT2D eigenvalue weighted by atomic mass is 16.4. The summed E-state index contributed by atoms with van der Waals surface area (Å²) in [6.45, 7) is 9.96. The molecule has 0 aliphatic carbocycles. The number of rotatable bonds is 4. The summed E-state index contributed by atoms with van der Waals surface area (Å²) in [6.07, 6.45) is 2.24. The molecule has 2 saturated heterocycles. The van der Waals surface area contributed by atoms with E-state index in [0.29, 0.717) is 23.0 Å². The fourth-order valence-electron chi connectivity index (χ4n) is 8.48. The zero-order valence-electron chi connectivity index (χ0n) is 33.9. The summed E-state index contributed by atoms with van der Waals surface area (Å²) in [4.78, 5) is 41.5. The Labute approximate surface area is 345 Å². The number of nitrogen functional groups attached to an aromatic ring is 1. The van der Waals surface area contributed by atoms with E-state index in [-0.39, 0.29) is 5.91 Å². The zero-order valence-corrected chi connectivity index (χ0v) is 33.9. The average molecular weight is 803 g/mol. The van der Waals surface area contributed by atoms with Gasteiger partial charge in [-0.15, -0.1) is 10.2 Å². The molecule has 16 nitrogen and oxygen atoms in total. The maximum atomic E-state index is 12.4. The van der Waals surface area contributed by atoms with E-state index >= 15 is 0 Å². The Morgan fingerprint density at radius 3 is 1.73 bits per heavy atom. The molecule has 3 N–H and O–H groups in total. The number of imidazole rings is 2. The van der Waals surface area contributed by atoms with Crippen molar-refractivity contribution in [2.45, 2.75) is 19.8 Å². The van der Waals surface area contributed by atoms with Crippen LogP contribution >= 0.6 is 0 Å². The molecule has 0 atom stereocenters. The number of nitrogens with one attached hydrogen (secondary N) is 1. The number of carbonyl (C=O) groups excluding carboxylic acids is 1. The van der Waals surface area contributed by atoms with Crippen molar-refractivity contribution in [3.63, 3.8) is 0 Å². The van der Waals surface area contributed by atoms with Crippen LogP contribution in [0.15, 0.2) is 89.3 Å². The van der Waals surface area contributed by atoms with Gasteiger partial charge in [-0.2, -0.15) is 0 Å². The standard InChI is InChI=1S/C23H23N7O.C21H23N7O/c1-15-26-27-23(31-15)17-14-16-8-9-20(29-11-5-10-28(2)12-13-29)25-21(16)30-19-7-4-3-6-18(19)24-22(17)30;1-26-9-4-10-27(12-11-26)18-8-7-14-13-15(21(29)25-22)20-23-16-5-2-3-6-17(16)28(20)19(14)24-18/h3-4,6-9,14H,5,10-13H2,1-2H3;2-3,5-8,13H,4,9-12,22H2,1H3,(H,25,29). The molecule has 16 heteroatoms. The number of anilines is 2. The summed E-state index contributed by atoms with van der Waals surface area (Å²) in [7, 11) is 4.34. The predicted molar refractivity (Wildman–Crippen MR) is 234 cm³/mol. The first-order valence-electron chi connectivity index (χ1n) is 20.4. The van der Waals surface area contributed by atoms with Crippen molar-refractivity contribution in [1.29, 1.82) is 0 Å². The number of hydrogen-bond acceptors (Lipinski definition) is 13. The number of nitrogens with two attached hydrogens (primary N) is 1. The average Bonchev–Trinajstić information content (AvgIpc) is 3.90. The van der Waals surface area contributed by atoms with Crippen molar-refractivity contribution < 1.29 is 9.21 Å². The van der Waals surface area contributed by atoms with E-state index in [4.69, 9.17) is 25.2 Å². The summed E-state index contributed by atoms with van der Waals surface area (Å²) in [6, 6.07) is 28.1. The highest BCUT2D eigenvalue weighted by Crippen LogP contribution is 2.33. The first-order valence-corrected chi connectivity index (χ1v) is 20.4. The number of benzene rings is 2. The number of likely N-dealkylation sites (N-methyl/N-ethyl adjacent to an activating group) is 2. The van der Waals surface area contributed by atoms with Crippen LogP contribution in [-0.4, -0.2) is 121 Å². The lowest BCUT2D eigenvalue weighted by molar-refractivity contribution is 0.0955. The van der Waals surface area contributed by atoms with Crippen LogP contribution in [0.25, 0.3) is 66.9 Å². The van der Waals surface area contributed by atoms with E-state index in [1.54, 1.807) is 6.92 Å². The number of para-hydroxylation sites is 4. The molecule has 0 bridgehead atoms. The maximum Gasteiger partial charge on any atom is 0.268 e. The molecule has 0 radical (unpaired) electrons. The lowest BCUT2D eigenvalue weighted by Gasteiger charge is -2.22. The van der Waals surface area contributed by atoms with Crippen molar-refractivity contribution >= 4 is 73.0 Å². The van der Waals surface area contributed by atoms with Gasteiger partial charge in [-0.25, -0.2) is 25.8 Å². The van der Waals surface area contributed by atoms with Crippen LogP contribution in [-0.2, 0) is 0 Å². The van der Waals surface area contributed by atoms with Gasteiger partial charge in [-0.05, 0) is 101 Å². The van der Waals surface area contributed by atoms with Gasteiger partial charge < -0.3 is 24.0 Å². The largest absolute Gasteiger partial charge is 0.421 e. The van der Waals surface area contributed by atoms with Crippen LogP contribution in [0.1, 0.15) is 29.1 Å². The quantitative estimate of drug-likeness (QED) is 0.134. The molecule has 60 heavy (non-hydrogen) atoms. The summed E-state index contributed by atoms with van der Waals surface area (Å²) in [5.41, 5.74) is 10.1. The third-order valence-electron chi connectivity index (χ3n) is 11.6. The van der Waals surface area contributed by atoms with Gasteiger partial charge >= 0.3 is 0 Å². The second-order valence-corrected chi connectivity index (χ2v) is 15.7. The van der Waals surface area contributed by atoms with Crippen molar-refractivity contribution in [3.8, 4) is 11.5 Å². The number of nitrogens with zero attached hydrogens (tertiary/aromatic N) is 12. The van der Waals surface area contributed by atoms with Gasteiger partial charge in [0.05, 0.1) is 33.2 Å². The van der Waals surface area contributed by atoms with E-state index in [0.717, 1.165) is 132 Å². The number of hydrazine groups is 1. The minimum Gasteiger partial charge on any atom is -0.421 e. The van der Waals surface area contributed by atoms with Gasteiger partial charge in [-0.3, -0.25) is 19.0 Å². The van der Waals surface area contributed by atoms with Gasteiger partial charge in [0.25, 0.3) is 11.8 Å². The number of carbonyl (C=O) groups is 1. The second kappa shape index (κ2) is 15.4. The molecule has 1 amide bonds. The Bertz CT molecular complexity index is 3060. The summed E-state index contributed by atoms with van der Waals surface area (Å²) < 4.78 is 9.84. The first kappa shape index (κ1) is 37.5. The summed E-state index contributed by atoms with van der Waals surface area (Å²) >= 11 is 0. The Hall–Kier alpha value is -6.75. The molecule has 0 spiro atoms. The third-order valence-corrected chi connectivity index (χ3v) is 11.6. The summed E-state index contributed by atoms with van der Waals surface area (Å²) in [5, 5.41) is 10.1. The topological polar surface area (TPSA) is 167 Å². The molecule has 11 rings (SSSR count). The van der Waals surface area contributed by atoms with E-state index < -0.39 is 0 Å². The van der Waals surface area contributed by atoms with Gasteiger partial charge in [0, 0.05) is 57.0 Å². The van der Waals surface area contributed by atoms with Crippen LogP contribution in [0.4, 0.5) is 11.6 Å². The second-order valence-electron chi connectivity index (χ2n) is 15.7. The molecule has 2 aliphatic rings. The molecule has 2 fully saturated rings. The molecule has 0 unspecified atom stereocenters.